The lowest BCUT2D eigenvalue weighted by atomic mass is 10.2. The van der Waals surface area contributed by atoms with Gasteiger partial charge < -0.3 is 4.42 Å². The molecular formula is C78H56N23OS+5. The zero-order valence-electron chi connectivity index (χ0n) is 57.7. The van der Waals surface area contributed by atoms with Crippen LogP contribution in [0.1, 0.15) is 32.6 Å². The van der Waals surface area contributed by atoms with Crippen LogP contribution < -0.4 is 22.8 Å². The molecule has 103 heavy (non-hydrogen) atoms. The van der Waals surface area contributed by atoms with Gasteiger partial charge in [0.2, 0.25) is 27.6 Å². The molecule has 20 aromatic heterocycles. The van der Waals surface area contributed by atoms with Gasteiger partial charge in [0.1, 0.15) is 38.9 Å². The van der Waals surface area contributed by atoms with E-state index in [1.807, 2.05) is 150 Å². The summed E-state index contributed by atoms with van der Waals surface area (Å²) in [5.41, 5.74) is 27.5. The van der Waals surface area contributed by atoms with Crippen molar-refractivity contribution in [3.63, 3.8) is 0 Å². The van der Waals surface area contributed by atoms with Crippen LogP contribution in [0.4, 0.5) is 0 Å². The second kappa shape index (κ2) is 21.8. The first kappa shape index (κ1) is 54.1. The van der Waals surface area contributed by atoms with E-state index >= 15 is 0 Å². The number of rotatable bonds is 1. The summed E-state index contributed by atoms with van der Waals surface area (Å²) in [5.74, 6) is 2.29. The number of hydrogen-bond donors (Lipinski definition) is 0. The van der Waals surface area contributed by atoms with Crippen LogP contribution >= 0.6 is 11.3 Å². The third-order valence-corrected chi connectivity index (χ3v) is 21.2. The van der Waals surface area contributed by atoms with Crippen molar-refractivity contribution >= 4 is 93.9 Å². The van der Waals surface area contributed by atoms with Gasteiger partial charge in [-0.2, -0.15) is 17.6 Å². The van der Waals surface area contributed by atoms with E-state index < -0.39 is 6.98 Å². The lowest BCUT2D eigenvalue weighted by Crippen LogP contribution is -2.29. The smallest absolute Gasteiger partial charge is 0.337 e. The Bertz CT molecular complexity index is 7090. The third-order valence-electron chi connectivity index (χ3n) is 20.1. The maximum atomic E-state index is 7.96. The van der Waals surface area contributed by atoms with Gasteiger partial charge in [-0.15, -0.1) is 4.40 Å². The number of thiazole rings is 1. The summed E-state index contributed by atoms with van der Waals surface area (Å²) in [4.78, 5) is 46.0. The fourth-order valence-corrected chi connectivity index (χ4v) is 16.9. The molecule has 0 aliphatic carbocycles. The average molecular weight is 1370 g/mol. The van der Waals surface area contributed by atoms with Crippen molar-refractivity contribution in [1.82, 2.24) is 85.5 Å². The molecule has 0 amide bonds. The van der Waals surface area contributed by atoms with Crippen LogP contribution in [0.3, 0.4) is 0 Å². The van der Waals surface area contributed by atoms with Crippen LogP contribution in [0, 0.1) is 0 Å². The van der Waals surface area contributed by atoms with E-state index in [0.717, 1.165) is 139 Å². The Labute approximate surface area is 590 Å². The maximum absolute atomic E-state index is 7.96. The predicted molar refractivity (Wildman–Crippen MR) is 384 cm³/mol. The molecule has 26 rings (SSSR count). The van der Waals surface area contributed by atoms with Crippen LogP contribution in [-0.2, 0) is 46.7 Å². The Morgan fingerprint density at radius 1 is 0.379 bits per heavy atom. The first-order valence-corrected chi connectivity index (χ1v) is 34.4. The van der Waals surface area contributed by atoms with Crippen molar-refractivity contribution in [2.45, 2.75) is 32.7 Å². The fraction of sp³-hybridized carbons (Fsp3) is 0.0897. The van der Waals surface area contributed by atoms with Crippen molar-refractivity contribution in [2.24, 2.45) is 14.0 Å². The number of oxazole rings is 1. The zero-order chi connectivity index (χ0) is 70.2. The molecule has 0 atom stereocenters. The van der Waals surface area contributed by atoms with Crippen LogP contribution in [0.5, 0.6) is 0 Å². The van der Waals surface area contributed by atoms with E-state index in [1.165, 1.54) is 53.6 Å². The van der Waals surface area contributed by atoms with Gasteiger partial charge in [-0.25, -0.2) is 47.8 Å². The van der Waals surface area contributed by atoms with E-state index in [0.29, 0.717) is 17.8 Å². The molecule has 0 spiro atoms. The van der Waals surface area contributed by atoms with Gasteiger partial charge >= 0.3 is 11.5 Å². The second-order valence-electron chi connectivity index (χ2n) is 25.8. The molecule has 0 N–H and O–H groups in total. The fourth-order valence-electron chi connectivity index (χ4n) is 15.9. The molecule has 0 radical (unpaired) electrons. The number of aryl methyl sites for hydroxylation is 2. The molecule has 5 aliphatic rings. The van der Waals surface area contributed by atoms with E-state index in [-0.39, 0.29) is 0 Å². The predicted octanol–water partition coefficient (Wildman–Crippen LogP) is 10.1. The number of nitrogens with zero attached hydrogens (tertiary/aromatic N) is 23. The molecule has 490 valence electrons. The molecule has 25 heteroatoms. The molecule has 0 fully saturated rings. The highest BCUT2D eigenvalue weighted by Gasteiger charge is 2.39. The van der Waals surface area contributed by atoms with Crippen LogP contribution in [-0.4, -0.2) is 85.5 Å². The topological polar surface area (TPSA) is 198 Å². The van der Waals surface area contributed by atoms with Crippen molar-refractivity contribution in [1.29, 1.82) is 0 Å². The van der Waals surface area contributed by atoms with Crippen molar-refractivity contribution in [3.05, 3.63) is 273 Å². The lowest BCUT2D eigenvalue weighted by molar-refractivity contribution is -0.671. The standard InChI is InChI=1S/C20H14N5.2C15H12N5.C14H9N4O.C14H9N4S/c1-2-6-14(7-3-1)25-19-17(9-5-11-22-19)24-13-23-12-16-15(8-4-10-21-16)18(23)20(24)25;2*1-18-14-12(5-3-7-17-14)20-9-19-8-11-10(4-2-6-16-11)13(19)15(18)20;2*1-3-9-10(15-5-1)7-17-8-12-18(14(9)17)13-11(19-12)4-2-6-16-13/h1-11,13H,12H2;2*2-7,9H,8H2,1H3;2*1-6,8H,7H2/q5*+1/i;1D3;;;. The summed E-state index contributed by atoms with van der Waals surface area (Å²) >= 11 is 1.78. The van der Waals surface area contributed by atoms with Crippen molar-refractivity contribution in [3.8, 4) is 62.2 Å². The summed E-state index contributed by atoms with van der Waals surface area (Å²) in [6.07, 6.45) is 28.6. The minimum atomic E-state index is -2.31. The van der Waals surface area contributed by atoms with Crippen LogP contribution in [0.25, 0.3) is 145 Å². The maximum Gasteiger partial charge on any atom is 0.337 e. The molecule has 24 nitrogen and oxygen atoms in total. The molecule has 0 saturated carbocycles. The quantitative estimate of drug-likeness (QED) is 0.142. The van der Waals surface area contributed by atoms with Gasteiger partial charge in [0.25, 0.3) is 47.4 Å². The summed E-state index contributed by atoms with van der Waals surface area (Å²) in [6, 6.07) is 50.6. The van der Waals surface area contributed by atoms with Gasteiger partial charge in [0.05, 0.1) is 66.7 Å². The summed E-state index contributed by atoms with van der Waals surface area (Å²) in [6.45, 7) is 1.63. The number of imidazole rings is 8. The number of fused-ring (bicyclic) bond motifs is 35. The number of hydrogen-bond acceptors (Lipinski definition) is 12. The Morgan fingerprint density at radius 3 is 1.37 bits per heavy atom. The molecule has 0 saturated heterocycles. The molecular weight excluding hydrogens is 1310 g/mol. The van der Waals surface area contributed by atoms with Crippen LogP contribution in [0.2, 0.25) is 0 Å². The number of pyridine rings is 10. The molecule has 0 bridgehead atoms. The highest BCUT2D eigenvalue weighted by atomic mass is 32.1. The summed E-state index contributed by atoms with van der Waals surface area (Å²) in [5, 5.41) is 0. The van der Waals surface area contributed by atoms with Gasteiger partial charge in [-0.1, -0.05) is 29.5 Å². The summed E-state index contributed by atoms with van der Waals surface area (Å²) in [7, 11) is 2.07. The number of para-hydroxylation sites is 1. The molecule has 25 heterocycles. The van der Waals surface area contributed by atoms with Gasteiger partial charge in [0.15, 0.2) is 45.3 Å². The van der Waals surface area contributed by atoms with Gasteiger partial charge in [0, 0.05) is 80.1 Å². The monoisotopic (exact) mass is 1370 g/mol. The van der Waals surface area contributed by atoms with E-state index in [1.54, 1.807) is 29.9 Å². The minimum absolute atomic E-state index is 0.461. The Balaban J connectivity index is 0.0000000830. The normalized spacial score (nSPS) is 13.5. The summed E-state index contributed by atoms with van der Waals surface area (Å²) < 4.78 is 58.3. The Morgan fingerprint density at radius 2 is 0.796 bits per heavy atom. The van der Waals surface area contributed by atoms with Crippen LogP contribution in [0.15, 0.2) is 249 Å². The molecule has 5 aliphatic heterocycles. The van der Waals surface area contributed by atoms with Crippen molar-refractivity contribution < 1.29 is 31.4 Å². The zero-order valence-corrected chi connectivity index (χ0v) is 55.5. The third kappa shape index (κ3) is 8.35. The Hall–Kier alpha value is -13.8. The van der Waals surface area contributed by atoms with E-state index in [9.17, 15) is 0 Å². The largest absolute Gasteiger partial charge is 0.414 e. The highest BCUT2D eigenvalue weighted by molar-refractivity contribution is 7.23. The van der Waals surface area contributed by atoms with E-state index in [4.69, 9.17) is 8.53 Å². The molecule has 1 aromatic carbocycles. The molecule has 0 unspecified atom stereocenters. The minimum Gasteiger partial charge on any atom is -0.414 e. The average Bonchev–Trinajstić information content (AvgIpc) is 1.55. The lowest BCUT2D eigenvalue weighted by Gasteiger charge is -2.03. The number of benzene rings is 1. The highest BCUT2D eigenvalue weighted by Crippen LogP contribution is 2.38. The van der Waals surface area contributed by atoms with E-state index in [2.05, 4.69) is 187 Å². The number of aromatic nitrogens is 23. The first-order chi connectivity index (χ1) is 52.1. The molecule has 21 aromatic rings. The Kier molecular flexibility index (Phi) is 11.5. The van der Waals surface area contributed by atoms with Crippen molar-refractivity contribution in [2.75, 3.05) is 0 Å². The first-order valence-electron chi connectivity index (χ1n) is 35.1. The second-order valence-corrected chi connectivity index (χ2v) is 26.9. The van der Waals surface area contributed by atoms with Gasteiger partial charge in [-0.05, 0) is 133 Å². The SMILES string of the molecule is Cn1c2ncccc2n2c[n+]3c(c12)-c1cccnc1C3.[2H]C([2H])([2H])n1c2ncccc2n2c[n+]3c(c12)-c1cccnc1C3.c1ccc(-n2c3ncccc3n3c[n+]4c(c23)-c2cccnc2C4)cc1.c1cnc2c(c1)-c1n3c(c[n+]1C2)oc1cccnc13.c1cnc2c(c1)-c1n3c(c[n+]1C2)sc1cccnc13. The van der Waals surface area contributed by atoms with Gasteiger partial charge in [-0.3, -0.25) is 38.6 Å².